The van der Waals surface area contributed by atoms with Crippen LogP contribution in [0.1, 0.15) is 41.7 Å². The van der Waals surface area contributed by atoms with E-state index in [1.165, 1.54) is 11.3 Å². The number of para-hydroxylation sites is 1. The van der Waals surface area contributed by atoms with Gasteiger partial charge in [-0.25, -0.2) is 9.97 Å². The third kappa shape index (κ3) is 4.81. The summed E-state index contributed by atoms with van der Waals surface area (Å²) in [6, 6.07) is 12.9. The first-order chi connectivity index (χ1) is 16.3. The predicted molar refractivity (Wildman–Crippen MR) is 129 cm³/mol. The Bertz CT molecular complexity index is 1370. The van der Waals surface area contributed by atoms with Crippen LogP contribution in [0.4, 0.5) is 18.9 Å². The number of amides is 1. The Kier molecular flexibility index (Phi) is 6.07. The van der Waals surface area contributed by atoms with E-state index in [1.54, 1.807) is 42.5 Å². The van der Waals surface area contributed by atoms with Gasteiger partial charge in [-0.1, -0.05) is 29.8 Å². The second-order valence-electron chi connectivity index (χ2n) is 8.40. The summed E-state index contributed by atoms with van der Waals surface area (Å²) < 4.78 is 41.4. The van der Waals surface area contributed by atoms with E-state index in [0.717, 1.165) is 35.5 Å². The van der Waals surface area contributed by atoms with Crippen molar-refractivity contribution in [3.63, 3.8) is 0 Å². The number of nitrogens with zero attached hydrogens (tertiary/aromatic N) is 2. The first-order valence-corrected chi connectivity index (χ1v) is 12.1. The fraction of sp³-hybridized carbons (Fsp3) is 0.292. The zero-order valence-corrected chi connectivity index (χ0v) is 19.4. The van der Waals surface area contributed by atoms with Gasteiger partial charge < -0.3 is 10.6 Å². The highest BCUT2D eigenvalue weighted by Crippen LogP contribution is 2.34. The highest BCUT2D eigenvalue weighted by molar-refractivity contribution is 7.22. The van der Waals surface area contributed by atoms with Crippen molar-refractivity contribution in [3.05, 3.63) is 64.3 Å². The lowest BCUT2D eigenvalue weighted by atomic mass is 9.90. The molecule has 0 saturated heterocycles. The van der Waals surface area contributed by atoms with E-state index < -0.39 is 11.9 Å². The number of anilines is 1. The Labute approximate surface area is 202 Å². The fourth-order valence-corrected chi connectivity index (χ4v) is 5.49. The summed E-state index contributed by atoms with van der Waals surface area (Å²) in [5.41, 5.74) is 1.04. The van der Waals surface area contributed by atoms with Gasteiger partial charge >= 0.3 is 6.18 Å². The minimum Gasteiger partial charge on any atom is -0.382 e. The highest BCUT2D eigenvalue weighted by Gasteiger charge is 2.34. The Morgan fingerprint density at radius 2 is 1.82 bits per heavy atom. The molecule has 2 aromatic heterocycles. The fourth-order valence-electron chi connectivity index (χ4n) is 4.42. The Balaban J connectivity index is 1.32. The average molecular weight is 505 g/mol. The summed E-state index contributed by atoms with van der Waals surface area (Å²) >= 11 is 7.27. The summed E-state index contributed by atoms with van der Waals surface area (Å²) in [6.45, 7) is 0. The molecule has 4 aromatic rings. The molecular formula is C24H20ClF3N4OS. The molecule has 1 amide bonds. The van der Waals surface area contributed by atoms with Crippen molar-refractivity contribution in [3.8, 4) is 0 Å². The van der Waals surface area contributed by atoms with Crippen LogP contribution < -0.4 is 10.6 Å². The second-order valence-corrected chi connectivity index (χ2v) is 10.0. The number of thiazole rings is 1. The van der Waals surface area contributed by atoms with Gasteiger partial charge in [0.1, 0.15) is 5.69 Å². The van der Waals surface area contributed by atoms with Gasteiger partial charge in [0.15, 0.2) is 4.47 Å². The van der Waals surface area contributed by atoms with Crippen LogP contribution in [-0.2, 0) is 6.18 Å². The lowest BCUT2D eigenvalue weighted by Crippen LogP contribution is -2.41. The van der Waals surface area contributed by atoms with Crippen molar-refractivity contribution < 1.29 is 18.0 Å². The van der Waals surface area contributed by atoms with Gasteiger partial charge in [-0.3, -0.25) is 4.79 Å². The number of carbonyl (C=O) groups is 1. The predicted octanol–water partition coefficient (Wildman–Crippen LogP) is 6.67. The third-order valence-electron chi connectivity index (χ3n) is 6.00. The maximum Gasteiger partial charge on any atom is 0.433 e. The van der Waals surface area contributed by atoms with E-state index in [1.807, 2.05) is 0 Å². The molecule has 5 nitrogen and oxygen atoms in total. The lowest BCUT2D eigenvalue weighted by Gasteiger charge is -2.31. The molecule has 176 valence electrons. The number of halogens is 4. The first kappa shape index (κ1) is 22.9. The van der Waals surface area contributed by atoms with E-state index in [2.05, 4.69) is 20.6 Å². The number of hydrogen-bond acceptors (Lipinski definition) is 5. The van der Waals surface area contributed by atoms with Crippen LogP contribution in [-0.4, -0.2) is 28.0 Å². The number of fused-ring (bicyclic) bond motifs is 2. The molecule has 1 aliphatic carbocycles. The molecule has 0 spiro atoms. The van der Waals surface area contributed by atoms with Crippen molar-refractivity contribution >= 4 is 55.7 Å². The maximum atomic E-state index is 13.4. The molecule has 34 heavy (non-hydrogen) atoms. The van der Waals surface area contributed by atoms with Crippen LogP contribution in [0.2, 0.25) is 4.47 Å². The normalized spacial score (nSPS) is 18.8. The molecule has 2 N–H and O–H groups in total. The Morgan fingerprint density at radius 1 is 1.03 bits per heavy atom. The molecule has 2 heterocycles. The van der Waals surface area contributed by atoms with Crippen LogP contribution in [0, 0.1) is 0 Å². The molecule has 0 aliphatic heterocycles. The SMILES string of the molecule is O=C(N[C@@H]1CCC[C@H](Nc2cc(C(F)(F)F)nc3ccccc23)C1)c1ccc2nc(Cl)sc2c1. The van der Waals surface area contributed by atoms with E-state index in [0.29, 0.717) is 33.0 Å². The summed E-state index contributed by atoms with van der Waals surface area (Å²) in [4.78, 5) is 20.8. The number of rotatable bonds is 4. The Morgan fingerprint density at radius 3 is 2.65 bits per heavy atom. The molecular weight excluding hydrogens is 485 g/mol. The number of alkyl halides is 3. The van der Waals surface area contributed by atoms with Crippen molar-refractivity contribution in [1.82, 2.24) is 15.3 Å². The molecule has 10 heteroatoms. The van der Waals surface area contributed by atoms with Gasteiger partial charge in [0.05, 0.1) is 15.7 Å². The molecule has 0 unspecified atom stereocenters. The van der Waals surface area contributed by atoms with Gasteiger partial charge in [-0.05, 0) is 56.0 Å². The summed E-state index contributed by atoms with van der Waals surface area (Å²) in [5.74, 6) is -0.189. The van der Waals surface area contributed by atoms with Crippen LogP contribution in [0.15, 0.2) is 48.5 Å². The first-order valence-electron chi connectivity index (χ1n) is 10.9. The smallest absolute Gasteiger partial charge is 0.382 e. The zero-order valence-electron chi connectivity index (χ0n) is 17.8. The van der Waals surface area contributed by atoms with Crippen LogP contribution in [0.5, 0.6) is 0 Å². The van der Waals surface area contributed by atoms with Crippen molar-refractivity contribution in [2.75, 3.05) is 5.32 Å². The van der Waals surface area contributed by atoms with E-state index >= 15 is 0 Å². The molecule has 1 saturated carbocycles. The van der Waals surface area contributed by atoms with E-state index in [9.17, 15) is 18.0 Å². The van der Waals surface area contributed by atoms with Crippen molar-refractivity contribution in [1.29, 1.82) is 0 Å². The second kappa shape index (κ2) is 9.03. The zero-order chi connectivity index (χ0) is 23.9. The summed E-state index contributed by atoms with van der Waals surface area (Å²) in [6.07, 6.45) is -1.47. The van der Waals surface area contributed by atoms with E-state index in [-0.39, 0.29) is 18.0 Å². The molecule has 0 bridgehead atoms. The number of nitrogens with one attached hydrogen (secondary N) is 2. The minimum atomic E-state index is -4.53. The maximum absolute atomic E-state index is 13.4. The standard InChI is InChI=1S/C24H20ClF3N4OS/c25-23-32-18-9-8-13(10-20(18)34-23)22(33)30-15-5-3-4-14(11-15)29-19-12-21(24(26,27)28)31-17-7-2-1-6-16(17)19/h1-2,6-10,12,14-15H,3-5,11H2,(H,29,31)(H,30,33)/t14-,15+/m0/s1. The Hall–Kier alpha value is -2.91. The quantitative estimate of drug-likeness (QED) is 0.326. The third-order valence-corrected chi connectivity index (χ3v) is 7.12. The number of hydrogen-bond donors (Lipinski definition) is 2. The van der Waals surface area contributed by atoms with Crippen molar-refractivity contribution in [2.24, 2.45) is 0 Å². The number of carbonyl (C=O) groups excluding carboxylic acids is 1. The number of pyridine rings is 1. The molecule has 1 fully saturated rings. The average Bonchev–Trinajstić information content (AvgIpc) is 3.18. The van der Waals surface area contributed by atoms with Gasteiger partial charge in [0.2, 0.25) is 0 Å². The molecule has 0 radical (unpaired) electrons. The molecule has 2 aromatic carbocycles. The lowest BCUT2D eigenvalue weighted by molar-refractivity contribution is -0.140. The highest BCUT2D eigenvalue weighted by atomic mass is 35.5. The summed E-state index contributed by atoms with van der Waals surface area (Å²) in [7, 11) is 0. The van der Waals surface area contributed by atoms with Crippen LogP contribution >= 0.6 is 22.9 Å². The van der Waals surface area contributed by atoms with Crippen LogP contribution in [0.25, 0.3) is 21.1 Å². The van der Waals surface area contributed by atoms with Gasteiger partial charge in [0, 0.05) is 28.7 Å². The minimum absolute atomic E-state index is 0.0753. The molecule has 2 atom stereocenters. The summed E-state index contributed by atoms with van der Waals surface area (Å²) in [5, 5.41) is 7.01. The van der Waals surface area contributed by atoms with Crippen molar-refractivity contribution in [2.45, 2.75) is 43.9 Å². The molecule has 1 aliphatic rings. The largest absolute Gasteiger partial charge is 0.433 e. The van der Waals surface area contributed by atoms with Gasteiger partial charge in [0.25, 0.3) is 5.91 Å². The number of benzene rings is 2. The topological polar surface area (TPSA) is 66.9 Å². The molecule has 5 rings (SSSR count). The van der Waals surface area contributed by atoms with Gasteiger partial charge in [-0.2, -0.15) is 13.2 Å². The van der Waals surface area contributed by atoms with Gasteiger partial charge in [-0.15, -0.1) is 11.3 Å². The van der Waals surface area contributed by atoms with Crippen LogP contribution in [0.3, 0.4) is 0 Å². The van der Waals surface area contributed by atoms with E-state index in [4.69, 9.17) is 11.6 Å². The monoisotopic (exact) mass is 504 g/mol. The number of aromatic nitrogens is 2.